The fraction of sp³-hybridized carbons (Fsp3) is 0.417. The van der Waals surface area contributed by atoms with E-state index < -0.39 is 0 Å². The van der Waals surface area contributed by atoms with E-state index in [0.29, 0.717) is 24.6 Å². The van der Waals surface area contributed by atoms with Crippen LogP contribution in [0.5, 0.6) is 17.2 Å². The second-order valence-corrected chi connectivity index (χ2v) is 8.08. The molecule has 0 unspecified atom stereocenters. The number of nitrogens with one attached hydrogen (secondary N) is 1. The number of fused-ring (bicyclic) bond motifs is 1. The standard InChI is InChI=1S/C24H29N3O5/c1-15-20-13-22(32-4)21(31-3)11-16(20)9-10-26(15)24(29)25-17-12-23(28)27(14-17)18-5-7-19(30-2)8-6-18/h5-8,11,13,15,17H,9-10,12,14H2,1-4H3,(H,25,29)/t15-,17+/m0/s1. The number of ether oxygens (including phenoxy) is 3. The lowest BCUT2D eigenvalue weighted by Gasteiger charge is -2.36. The smallest absolute Gasteiger partial charge is 0.318 e. The van der Waals surface area contributed by atoms with Crippen LogP contribution in [0.4, 0.5) is 10.5 Å². The highest BCUT2D eigenvalue weighted by molar-refractivity contribution is 5.96. The number of carbonyl (C=O) groups is 2. The van der Waals surface area contributed by atoms with E-state index in [1.54, 1.807) is 26.2 Å². The van der Waals surface area contributed by atoms with E-state index in [1.165, 1.54) is 0 Å². The summed E-state index contributed by atoms with van der Waals surface area (Å²) in [6, 6.07) is 10.8. The minimum Gasteiger partial charge on any atom is -0.497 e. The minimum atomic E-state index is -0.240. The molecule has 0 radical (unpaired) electrons. The van der Waals surface area contributed by atoms with Crippen LogP contribution >= 0.6 is 0 Å². The van der Waals surface area contributed by atoms with Crippen molar-refractivity contribution in [2.75, 3.05) is 39.3 Å². The topological polar surface area (TPSA) is 80.3 Å². The van der Waals surface area contributed by atoms with Crippen LogP contribution in [0.3, 0.4) is 0 Å². The van der Waals surface area contributed by atoms with Crippen molar-refractivity contribution >= 4 is 17.6 Å². The van der Waals surface area contributed by atoms with E-state index in [0.717, 1.165) is 29.0 Å². The SMILES string of the molecule is COc1ccc(N2C[C@H](NC(=O)N3CCc4cc(OC)c(OC)cc4[C@@H]3C)CC2=O)cc1. The maximum atomic E-state index is 13.1. The van der Waals surface area contributed by atoms with Crippen molar-refractivity contribution < 1.29 is 23.8 Å². The first kappa shape index (κ1) is 21.8. The second kappa shape index (κ2) is 8.98. The molecule has 1 saturated heterocycles. The van der Waals surface area contributed by atoms with E-state index in [1.807, 2.05) is 48.2 Å². The molecule has 0 aromatic heterocycles. The van der Waals surface area contributed by atoms with Crippen LogP contribution in [0, 0.1) is 0 Å². The molecule has 0 saturated carbocycles. The Hall–Kier alpha value is -3.42. The molecule has 8 heteroatoms. The quantitative estimate of drug-likeness (QED) is 0.774. The molecule has 0 aliphatic carbocycles. The van der Waals surface area contributed by atoms with Crippen LogP contribution in [0.25, 0.3) is 0 Å². The molecule has 1 fully saturated rings. The van der Waals surface area contributed by atoms with E-state index in [-0.39, 0.29) is 30.4 Å². The lowest BCUT2D eigenvalue weighted by molar-refractivity contribution is -0.117. The Morgan fingerprint density at radius 3 is 2.38 bits per heavy atom. The van der Waals surface area contributed by atoms with E-state index in [9.17, 15) is 9.59 Å². The number of urea groups is 1. The van der Waals surface area contributed by atoms with Gasteiger partial charge in [0.2, 0.25) is 5.91 Å². The zero-order valence-electron chi connectivity index (χ0n) is 18.9. The maximum absolute atomic E-state index is 13.1. The number of nitrogens with zero attached hydrogens (tertiary/aromatic N) is 2. The molecule has 1 N–H and O–H groups in total. The summed E-state index contributed by atoms with van der Waals surface area (Å²) in [5.74, 6) is 2.07. The van der Waals surface area contributed by atoms with Crippen molar-refractivity contribution in [2.24, 2.45) is 0 Å². The van der Waals surface area contributed by atoms with Crippen LogP contribution < -0.4 is 24.4 Å². The van der Waals surface area contributed by atoms with Gasteiger partial charge in [0, 0.05) is 25.2 Å². The molecule has 0 bridgehead atoms. The lowest BCUT2D eigenvalue weighted by atomic mass is 9.93. The number of methoxy groups -OCH3 is 3. The first-order valence-corrected chi connectivity index (χ1v) is 10.7. The van der Waals surface area contributed by atoms with Crippen molar-refractivity contribution in [1.29, 1.82) is 0 Å². The Balaban J connectivity index is 1.43. The Bertz CT molecular complexity index is 1010. The molecule has 2 aromatic carbocycles. The molecule has 0 spiro atoms. The van der Waals surface area contributed by atoms with Crippen LogP contribution in [0.1, 0.15) is 30.5 Å². The Morgan fingerprint density at radius 1 is 1.03 bits per heavy atom. The zero-order chi connectivity index (χ0) is 22.8. The molecule has 8 nitrogen and oxygen atoms in total. The highest BCUT2D eigenvalue weighted by Gasteiger charge is 2.35. The van der Waals surface area contributed by atoms with Crippen molar-refractivity contribution in [3.05, 3.63) is 47.5 Å². The fourth-order valence-corrected chi connectivity index (χ4v) is 4.50. The van der Waals surface area contributed by atoms with Gasteiger partial charge in [-0.3, -0.25) is 4.79 Å². The van der Waals surface area contributed by atoms with Crippen LogP contribution in [-0.2, 0) is 11.2 Å². The molecule has 3 amide bonds. The van der Waals surface area contributed by atoms with Crippen molar-refractivity contribution in [2.45, 2.75) is 31.8 Å². The third-order valence-corrected chi connectivity index (χ3v) is 6.28. The first-order chi connectivity index (χ1) is 15.4. The van der Waals surface area contributed by atoms with Gasteiger partial charge in [0.25, 0.3) is 0 Å². The normalized spacial score (nSPS) is 20.1. The van der Waals surface area contributed by atoms with Gasteiger partial charge in [-0.2, -0.15) is 0 Å². The minimum absolute atomic E-state index is 0.00524. The van der Waals surface area contributed by atoms with Crippen molar-refractivity contribution in [3.8, 4) is 17.2 Å². The van der Waals surface area contributed by atoms with Crippen molar-refractivity contribution in [3.63, 3.8) is 0 Å². The number of anilines is 1. The third-order valence-electron chi connectivity index (χ3n) is 6.28. The number of carbonyl (C=O) groups excluding carboxylic acids is 2. The van der Waals surface area contributed by atoms with Gasteiger partial charge in [0.05, 0.1) is 33.4 Å². The molecule has 4 rings (SSSR count). The summed E-state index contributed by atoms with van der Waals surface area (Å²) in [6.45, 7) is 3.05. The van der Waals surface area contributed by atoms with E-state index >= 15 is 0 Å². The largest absolute Gasteiger partial charge is 0.497 e. The fourth-order valence-electron chi connectivity index (χ4n) is 4.50. The van der Waals surface area contributed by atoms with Gasteiger partial charge in [0.15, 0.2) is 11.5 Å². The Morgan fingerprint density at radius 2 is 1.72 bits per heavy atom. The van der Waals surface area contributed by atoms with Crippen LogP contribution in [0.2, 0.25) is 0 Å². The lowest BCUT2D eigenvalue weighted by Crippen LogP contribution is -2.48. The monoisotopic (exact) mass is 439 g/mol. The molecule has 2 aliphatic heterocycles. The molecule has 2 atom stereocenters. The second-order valence-electron chi connectivity index (χ2n) is 8.08. The summed E-state index contributed by atoms with van der Waals surface area (Å²) in [5.41, 5.74) is 3.00. The molecular weight excluding hydrogens is 410 g/mol. The highest BCUT2D eigenvalue weighted by atomic mass is 16.5. The molecule has 2 aromatic rings. The third kappa shape index (κ3) is 4.04. The average molecular weight is 440 g/mol. The van der Waals surface area contributed by atoms with Gasteiger partial charge in [-0.15, -0.1) is 0 Å². The summed E-state index contributed by atoms with van der Waals surface area (Å²) in [5, 5.41) is 3.06. The molecule has 2 aliphatic rings. The van der Waals surface area contributed by atoms with E-state index in [2.05, 4.69) is 5.32 Å². The zero-order valence-corrected chi connectivity index (χ0v) is 18.9. The summed E-state index contributed by atoms with van der Waals surface area (Å²) in [4.78, 5) is 29.2. The van der Waals surface area contributed by atoms with Gasteiger partial charge in [-0.05, 0) is 60.9 Å². The van der Waals surface area contributed by atoms with Gasteiger partial charge < -0.3 is 29.3 Å². The number of amides is 3. The summed E-state index contributed by atoms with van der Waals surface area (Å²) < 4.78 is 16.0. The van der Waals surface area contributed by atoms with Crippen LogP contribution in [-0.4, -0.2) is 57.3 Å². The summed E-state index contributed by atoms with van der Waals surface area (Å²) in [6.07, 6.45) is 1.01. The molecular formula is C24H29N3O5. The first-order valence-electron chi connectivity index (χ1n) is 10.7. The highest BCUT2D eigenvalue weighted by Crippen LogP contribution is 2.38. The van der Waals surface area contributed by atoms with Gasteiger partial charge in [-0.1, -0.05) is 0 Å². The number of benzene rings is 2. The summed E-state index contributed by atoms with van der Waals surface area (Å²) >= 11 is 0. The molecule has 2 heterocycles. The van der Waals surface area contributed by atoms with Crippen LogP contribution in [0.15, 0.2) is 36.4 Å². The average Bonchev–Trinajstić information content (AvgIpc) is 3.18. The maximum Gasteiger partial charge on any atom is 0.318 e. The van der Waals surface area contributed by atoms with E-state index in [4.69, 9.17) is 14.2 Å². The van der Waals surface area contributed by atoms with Crippen molar-refractivity contribution in [1.82, 2.24) is 10.2 Å². The van der Waals surface area contributed by atoms with Gasteiger partial charge in [-0.25, -0.2) is 4.79 Å². The Labute approximate surface area is 188 Å². The van der Waals surface area contributed by atoms with Gasteiger partial charge in [0.1, 0.15) is 5.75 Å². The predicted octanol–water partition coefficient (Wildman–Crippen LogP) is 3.15. The van der Waals surface area contributed by atoms with Gasteiger partial charge >= 0.3 is 6.03 Å². The predicted molar refractivity (Wildman–Crippen MR) is 121 cm³/mol. The number of rotatable bonds is 5. The summed E-state index contributed by atoms with van der Waals surface area (Å²) in [7, 11) is 4.83. The number of hydrogen-bond acceptors (Lipinski definition) is 5. The number of hydrogen-bond donors (Lipinski definition) is 1. The molecule has 170 valence electrons. The molecule has 32 heavy (non-hydrogen) atoms. The Kier molecular flexibility index (Phi) is 6.12.